The summed E-state index contributed by atoms with van der Waals surface area (Å²) in [5.41, 5.74) is 5.00. The molecule has 0 saturated heterocycles. The molecule has 2 aromatic rings. The molecule has 2 nitrogen and oxygen atoms in total. The van der Waals surface area contributed by atoms with Gasteiger partial charge in [-0.15, -0.1) is 11.3 Å². The zero-order chi connectivity index (χ0) is 13.8. The molecule has 2 rings (SSSR count). The summed E-state index contributed by atoms with van der Waals surface area (Å²) < 4.78 is 0. The molecule has 0 radical (unpaired) electrons. The van der Waals surface area contributed by atoms with E-state index in [1.165, 1.54) is 21.6 Å². The van der Waals surface area contributed by atoms with E-state index in [1.54, 1.807) is 11.3 Å². The Kier molecular flexibility index (Phi) is 4.72. The van der Waals surface area contributed by atoms with Gasteiger partial charge < -0.3 is 5.32 Å². The van der Waals surface area contributed by atoms with Crippen LogP contribution in [0.2, 0.25) is 0 Å². The summed E-state index contributed by atoms with van der Waals surface area (Å²) in [6.07, 6.45) is 3.09. The number of hydrogen-bond acceptors (Lipinski definition) is 3. The summed E-state index contributed by atoms with van der Waals surface area (Å²) >= 11 is 1.80. The zero-order valence-electron chi connectivity index (χ0n) is 12.2. The van der Waals surface area contributed by atoms with Gasteiger partial charge in [0.1, 0.15) is 0 Å². The third-order valence-corrected chi connectivity index (χ3v) is 4.20. The molecule has 1 atom stereocenters. The molecule has 3 heteroatoms. The normalized spacial score (nSPS) is 12.6. The van der Waals surface area contributed by atoms with Crippen molar-refractivity contribution >= 4 is 11.3 Å². The van der Waals surface area contributed by atoms with Crippen molar-refractivity contribution in [3.63, 3.8) is 0 Å². The van der Waals surface area contributed by atoms with Gasteiger partial charge in [0.2, 0.25) is 0 Å². The maximum Gasteiger partial charge on any atom is 0.0764 e. The topological polar surface area (TPSA) is 24.9 Å². The fourth-order valence-corrected chi connectivity index (χ4v) is 3.11. The highest BCUT2D eigenvalue weighted by Gasteiger charge is 2.19. The molecule has 1 N–H and O–H groups in total. The Hall–Kier alpha value is -1.19. The molecule has 0 aliphatic rings. The van der Waals surface area contributed by atoms with Crippen molar-refractivity contribution in [1.82, 2.24) is 10.3 Å². The number of pyridine rings is 1. The molecule has 19 heavy (non-hydrogen) atoms. The van der Waals surface area contributed by atoms with Gasteiger partial charge in [-0.2, -0.15) is 0 Å². The van der Waals surface area contributed by atoms with E-state index < -0.39 is 0 Å². The van der Waals surface area contributed by atoms with Gasteiger partial charge in [-0.25, -0.2) is 0 Å². The predicted molar refractivity (Wildman–Crippen MR) is 82.9 cm³/mol. The van der Waals surface area contributed by atoms with E-state index in [-0.39, 0.29) is 6.04 Å². The lowest BCUT2D eigenvalue weighted by Crippen LogP contribution is -2.25. The summed E-state index contributed by atoms with van der Waals surface area (Å²) in [6.45, 7) is 9.63. The highest BCUT2D eigenvalue weighted by Crippen LogP contribution is 2.29. The van der Waals surface area contributed by atoms with Crippen LogP contribution in [0.5, 0.6) is 0 Å². The van der Waals surface area contributed by atoms with Gasteiger partial charge in [0.25, 0.3) is 0 Å². The minimum atomic E-state index is 0.215. The first-order valence-electron chi connectivity index (χ1n) is 6.84. The van der Waals surface area contributed by atoms with Crippen LogP contribution in [0, 0.1) is 20.8 Å². The van der Waals surface area contributed by atoms with E-state index in [2.05, 4.69) is 55.5 Å². The minimum Gasteiger partial charge on any atom is -0.305 e. The first-order valence-corrected chi connectivity index (χ1v) is 7.72. The summed E-state index contributed by atoms with van der Waals surface area (Å²) in [7, 11) is 0. The standard InChI is InChI=1S/C16H22N2S/c1-5-7-17-16(14-6-8-19-13(14)4)15-12(3)9-11(2)10-18-15/h6,8-10,16-17H,5,7H2,1-4H3. The Morgan fingerprint density at radius 1 is 1.32 bits per heavy atom. The molecule has 2 aromatic heterocycles. The maximum absolute atomic E-state index is 4.67. The average Bonchev–Trinajstić information content (AvgIpc) is 2.78. The summed E-state index contributed by atoms with van der Waals surface area (Å²) in [5.74, 6) is 0. The van der Waals surface area contributed by atoms with Crippen LogP contribution >= 0.6 is 11.3 Å². The SMILES string of the molecule is CCCNC(c1ccsc1C)c1ncc(C)cc1C. The zero-order valence-corrected chi connectivity index (χ0v) is 13.0. The maximum atomic E-state index is 4.67. The van der Waals surface area contributed by atoms with Crippen LogP contribution in [0.4, 0.5) is 0 Å². The molecule has 0 aromatic carbocycles. The molecular weight excluding hydrogens is 252 g/mol. The Bertz CT molecular complexity index is 545. The monoisotopic (exact) mass is 274 g/mol. The van der Waals surface area contributed by atoms with Crippen molar-refractivity contribution in [2.45, 2.75) is 40.2 Å². The minimum absolute atomic E-state index is 0.215. The molecule has 102 valence electrons. The van der Waals surface area contributed by atoms with Gasteiger partial charge in [0.15, 0.2) is 0 Å². The van der Waals surface area contributed by atoms with Gasteiger partial charge >= 0.3 is 0 Å². The highest BCUT2D eigenvalue weighted by atomic mass is 32.1. The van der Waals surface area contributed by atoms with E-state index in [4.69, 9.17) is 0 Å². The van der Waals surface area contributed by atoms with Crippen molar-refractivity contribution in [2.24, 2.45) is 0 Å². The molecule has 1 unspecified atom stereocenters. The molecule has 0 fully saturated rings. The second kappa shape index (κ2) is 6.31. The van der Waals surface area contributed by atoms with E-state index >= 15 is 0 Å². The second-order valence-electron chi connectivity index (χ2n) is 5.03. The summed E-state index contributed by atoms with van der Waals surface area (Å²) in [4.78, 5) is 6.04. The van der Waals surface area contributed by atoms with E-state index in [9.17, 15) is 0 Å². The third kappa shape index (κ3) is 3.23. The molecule has 0 amide bonds. The van der Waals surface area contributed by atoms with Crippen molar-refractivity contribution in [1.29, 1.82) is 0 Å². The Morgan fingerprint density at radius 3 is 2.68 bits per heavy atom. The Labute approximate surface area is 119 Å². The fourth-order valence-electron chi connectivity index (χ4n) is 2.36. The fraction of sp³-hybridized carbons (Fsp3) is 0.438. The molecular formula is C16H22N2S. The van der Waals surface area contributed by atoms with Crippen molar-refractivity contribution in [3.05, 3.63) is 51.0 Å². The number of aryl methyl sites for hydroxylation is 3. The van der Waals surface area contributed by atoms with Gasteiger partial charge in [0, 0.05) is 11.1 Å². The summed E-state index contributed by atoms with van der Waals surface area (Å²) in [5, 5.41) is 5.79. The first kappa shape index (κ1) is 14.2. The molecule has 0 aliphatic heterocycles. The number of rotatable bonds is 5. The predicted octanol–water partition coefficient (Wildman–Crippen LogP) is 4.16. The molecule has 0 aliphatic carbocycles. The Morgan fingerprint density at radius 2 is 2.11 bits per heavy atom. The number of hydrogen-bond donors (Lipinski definition) is 1. The average molecular weight is 274 g/mol. The van der Waals surface area contributed by atoms with Crippen molar-refractivity contribution in [3.8, 4) is 0 Å². The Balaban J connectivity index is 2.40. The van der Waals surface area contributed by atoms with Crippen LogP contribution < -0.4 is 5.32 Å². The second-order valence-corrected chi connectivity index (χ2v) is 6.15. The van der Waals surface area contributed by atoms with E-state index in [1.807, 2.05) is 6.20 Å². The van der Waals surface area contributed by atoms with E-state index in [0.717, 1.165) is 18.7 Å². The molecule has 0 saturated carbocycles. The molecule has 0 spiro atoms. The van der Waals surface area contributed by atoms with Crippen LogP contribution in [0.1, 0.15) is 46.6 Å². The molecule has 0 bridgehead atoms. The van der Waals surface area contributed by atoms with Crippen LogP contribution in [0.15, 0.2) is 23.7 Å². The number of nitrogens with zero attached hydrogens (tertiary/aromatic N) is 1. The largest absolute Gasteiger partial charge is 0.305 e. The van der Waals surface area contributed by atoms with Crippen LogP contribution in [0.25, 0.3) is 0 Å². The number of thiophene rings is 1. The highest BCUT2D eigenvalue weighted by molar-refractivity contribution is 7.10. The lowest BCUT2D eigenvalue weighted by molar-refractivity contribution is 0.583. The van der Waals surface area contributed by atoms with Crippen LogP contribution in [0.3, 0.4) is 0 Å². The van der Waals surface area contributed by atoms with Crippen molar-refractivity contribution < 1.29 is 0 Å². The first-order chi connectivity index (χ1) is 9.13. The lowest BCUT2D eigenvalue weighted by atomic mass is 9.99. The quantitative estimate of drug-likeness (QED) is 0.885. The van der Waals surface area contributed by atoms with Gasteiger partial charge in [-0.3, -0.25) is 4.98 Å². The lowest BCUT2D eigenvalue weighted by Gasteiger charge is -2.20. The third-order valence-electron chi connectivity index (χ3n) is 3.34. The van der Waals surface area contributed by atoms with Crippen LogP contribution in [-0.2, 0) is 0 Å². The van der Waals surface area contributed by atoms with Gasteiger partial charge in [-0.1, -0.05) is 13.0 Å². The van der Waals surface area contributed by atoms with Gasteiger partial charge in [-0.05, 0) is 61.9 Å². The van der Waals surface area contributed by atoms with Crippen LogP contribution in [-0.4, -0.2) is 11.5 Å². The number of nitrogens with one attached hydrogen (secondary N) is 1. The molecule has 2 heterocycles. The summed E-state index contributed by atoms with van der Waals surface area (Å²) in [6, 6.07) is 4.64. The number of aromatic nitrogens is 1. The van der Waals surface area contributed by atoms with Crippen molar-refractivity contribution in [2.75, 3.05) is 6.54 Å². The van der Waals surface area contributed by atoms with Gasteiger partial charge in [0.05, 0.1) is 11.7 Å². The van der Waals surface area contributed by atoms with E-state index in [0.29, 0.717) is 0 Å². The smallest absolute Gasteiger partial charge is 0.0764 e.